The molecule has 4 nitrogen and oxygen atoms in total. The van der Waals surface area contributed by atoms with E-state index in [1.807, 2.05) is 11.9 Å². The Morgan fingerprint density at radius 1 is 1.47 bits per heavy atom. The second kappa shape index (κ2) is 6.97. The van der Waals surface area contributed by atoms with Crippen molar-refractivity contribution in [1.29, 1.82) is 0 Å². The van der Waals surface area contributed by atoms with Crippen LogP contribution >= 0.6 is 0 Å². The molecule has 2 N–H and O–H groups in total. The van der Waals surface area contributed by atoms with Crippen molar-refractivity contribution in [3.63, 3.8) is 0 Å². The van der Waals surface area contributed by atoms with Gasteiger partial charge in [-0.2, -0.15) is 0 Å². The summed E-state index contributed by atoms with van der Waals surface area (Å²) in [6, 6.07) is 0.185. The number of hydrogen-bond acceptors (Lipinski definition) is 3. The van der Waals surface area contributed by atoms with Gasteiger partial charge in [0.25, 0.3) is 0 Å². The van der Waals surface area contributed by atoms with Gasteiger partial charge in [-0.1, -0.05) is 6.92 Å². The molecule has 0 aromatic heterocycles. The van der Waals surface area contributed by atoms with Crippen LogP contribution in [0.4, 0.5) is 0 Å². The van der Waals surface area contributed by atoms with Crippen LogP contribution < -0.4 is 5.73 Å². The molecule has 0 aliphatic heterocycles. The highest BCUT2D eigenvalue weighted by Gasteiger charge is 2.30. The Balaban J connectivity index is 2.36. The van der Waals surface area contributed by atoms with Crippen molar-refractivity contribution in [2.75, 3.05) is 27.3 Å². The second-order valence-electron chi connectivity index (χ2n) is 5.26. The van der Waals surface area contributed by atoms with E-state index in [0.29, 0.717) is 12.5 Å². The molecule has 0 spiro atoms. The van der Waals surface area contributed by atoms with Crippen molar-refractivity contribution in [2.24, 2.45) is 17.6 Å². The standard InChI is InChI=1S/C13H26N2O2/c1-10-5-6-11(9-12(10)14)13(16)15(2)7-4-8-17-3/h10-12H,4-9,14H2,1-3H3. The SMILES string of the molecule is COCCCN(C)C(=O)C1CCC(C)C(N)C1. The Kier molecular flexibility index (Phi) is 5.92. The summed E-state index contributed by atoms with van der Waals surface area (Å²) in [4.78, 5) is 14.0. The van der Waals surface area contributed by atoms with Crippen molar-refractivity contribution >= 4 is 5.91 Å². The molecule has 1 aliphatic rings. The lowest BCUT2D eigenvalue weighted by atomic mass is 9.79. The summed E-state index contributed by atoms with van der Waals surface area (Å²) in [5, 5.41) is 0. The second-order valence-corrected chi connectivity index (χ2v) is 5.26. The molecule has 1 amide bonds. The molecule has 3 unspecified atom stereocenters. The van der Waals surface area contributed by atoms with Gasteiger partial charge in [-0.25, -0.2) is 0 Å². The third-order valence-corrected chi connectivity index (χ3v) is 3.83. The summed E-state index contributed by atoms with van der Waals surface area (Å²) in [7, 11) is 3.56. The fraction of sp³-hybridized carbons (Fsp3) is 0.923. The Morgan fingerprint density at radius 3 is 2.76 bits per heavy atom. The van der Waals surface area contributed by atoms with Crippen LogP contribution in [0, 0.1) is 11.8 Å². The molecule has 3 atom stereocenters. The van der Waals surface area contributed by atoms with E-state index < -0.39 is 0 Å². The number of amides is 1. The minimum atomic E-state index is 0.133. The summed E-state index contributed by atoms with van der Waals surface area (Å²) >= 11 is 0. The third-order valence-electron chi connectivity index (χ3n) is 3.83. The first-order valence-corrected chi connectivity index (χ1v) is 6.55. The monoisotopic (exact) mass is 242 g/mol. The number of nitrogens with zero attached hydrogens (tertiary/aromatic N) is 1. The minimum Gasteiger partial charge on any atom is -0.385 e. The lowest BCUT2D eigenvalue weighted by Gasteiger charge is -2.33. The predicted molar refractivity (Wildman–Crippen MR) is 68.6 cm³/mol. The molecule has 1 rings (SSSR count). The van der Waals surface area contributed by atoms with Crippen LogP contribution in [0.15, 0.2) is 0 Å². The van der Waals surface area contributed by atoms with Gasteiger partial charge in [-0.15, -0.1) is 0 Å². The zero-order chi connectivity index (χ0) is 12.8. The van der Waals surface area contributed by atoms with Gasteiger partial charge >= 0.3 is 0 Å². The summed E-state index contributed by atoms with van der Waals surface area (Å²) in [5.74, 6) is 0.940. The largest absolute Gasteiger partial charge is 0.385 e. The topological polar surface area (TPSA) is 55.6 Å². The summed E-state index contributed by atoms with van der Waals surface area (Å²) in [6.45, 7) is 3.65. The first-order valence-electron chi connectivity index (χ1n) is 6.55. The van der Waals surface area contributed by atoms with Crippen LogP contribution in [-0.2, 0) is 9.53 Å². The summed E-state index contributed by atoms with van der Waals surface area (Å²) in [5.41, 5.74) is 6.04. The third kappa shape index (κ3) is 4.28. The molecule has 0 heterocycles. The maximum atomic E-state index is 12.2. The van der Waals surface area contributed by atoms with Crippen molar-refractivity contribution in [3.05, 3.63) is 0 Å². The van der Waals surface area contributed by atoms with E-state index in [4.69, 9.17) is 10.5 Å². The number of nitrogens with two attached hydrogens (primary N) is 1. The quantitative estimate of drug-likeness (QED) is 0.738. The molecule has 1 fully saturated rings. The Labute approximate surface area is 104 Å². The van der Waals surface area contributed by atoms with E-state index in [-0.39, 0.29) is 17.9 Å². The van der Waals surface area contributed by atoms with Gasteiger partial charge in [-0.05, 0) is 31.6 Å². The molecule has 17 heavy (non-hydrogen) atoms. The highest BCUT2D eigenvalue weighted by atomic mass is 16.5. The molecule has 0 bridgehead atoms. The number of carbonyl (C=O) groups excluding carboxylic acids is 1. The van der Waals surface area contributed by atoms with E-state index in [1.54, 1.807) is 7.11 Å². The van der Waals surface area contributed by atoms with Crippen molar-refractivity contribution in [3.8, 4) is 0 Å². The lowest BCUT2D eigenvalue weighted by molar-refractivity contribution is -0.135. The first-order chi connectivity index (χ1) is 8.06. The van der Waals surface area contributed by atoms with Gasteiger partial charge in [0.05, 0.1) is 0 Å². The molecular weight excluding hydrogens is 216 g/mol. The van der Waals surface area contributed by atoms with Crippen LogP contribution in [0.1, 0.15) is 32.6 Å². The van der Waals surface area contributed by atoms with Gasteiger partial charge in [0, 0.05) is 39.3 Å². The molecular formula is C13H26N2O2. The molecule has 4 heteroatoms. The Morgan fingerprint density at radius 2 is 2.18 bits per heavy atom. The number of rotatable bonds is 5. The molecule has 1 aliphatic carbocycles. The predicted octanol–water partition coefficient (Wildman–Crippen LogP) is 1.24. The molecule has 1 saturated carbocycles. The van der Waals surface area contributed by atoms with Crippen molar-refractivity contribution < 1.29 is 9.53 Å². The van der Waals surface area contributed by atoms with Gasteiger partial charge in [0.2, 0.25) is 5.91 Å². The maximum Gasteiger partial charge on any atom is 0.225 e. The smallest absolute Gasteiger partial charge is 0.225 e. The van der Waals surface area contributed by atoms with Crippen molar-refractivity contribution in [2.45, 2.75) is 38.6 Å². The molecule has 0 aromatic rings. The number of methoxy groups -OCH3 is 1. The summed E-state index contributed by atoms with van der Waals surface area (Å²) < 4.78 is 4.99. The van der Waals surface area contributed by atoms with Gasteiger partial charge in [0.1, 0.15) is 0 Å². The minimum absolute atomic E-state index is 0.133. The van der Waals surface area contributed by atoms with Gasteiger partial charge in [0.15, 0.2) is 0 Å². The zero-order valence-electron chi connectivity index (χ0n) is 11.3. The van der Waals surface area contributed by atoms with Gasteiger partial charge in [-0.3, -0.25) is 4.79 Å². The highest BCUT2D eigenvalue weighted by molar-refractivity contribution is 5.78. The fourth-order valence-corrected chi connectivity index (χ4v) is 2.45. The normalized spacial score (nSPS) is 29.1. The van der Waals surface area contributed by atoms with Gasteiger partial charge < -0.3 is 15.4 Å². The summed E-state index contributed by atoms with van der Waals surface area (Å²) in [6.07, 6.45) is 3.80. The van der Waals surface area contributed by atoms with E-state index >= 15 is 0 Å². The molecule has 100 valence electrons. The molecule has 0 aromatic carbocycles. The highest BCUT2D eigenvalue weighted by Crippen LogP contribution is 2.28. The van der Waals surface area contributed by atoms with Crippen LogP contribution in [-0.4, -0.2) is 44.2 Å². The van der Waals surface area contributed by atoms with Crippen LogP contribution in [0.3, 0.4) is 0 Å². The first kappa shape index (κ1) is 14.5. The van der Waals surface area contributed by atoms with Crippen molar-refractivity contribution in [1.82, 2.24) is 4.90 Å². The van der Waals surface area contributed by atoms with Crippen LogP contribution in [0.25, 0.3) is 0 Å². The van der Waals surface area contributed by atoms with E-state index in [0.717, 1.165) is 32.2 Å². The van der Waals surface area contributed by atoms with E-state index in [9.17, 15) is 4.79 Å². The molecule has 0 saturated heterocycles. The maximum absolute atomic E-state index is 12.2. The van der Waals surface area contributed by atoms with E-state index in [1.165, 1.54) is 0 Å². The number of hydrogen-bond donors (Lipinski definition) is 1. The van der Waals surface area contributed by atoms with Crippen LogP contribution in [0.5, 0.6) is 0 Å². The average Bonchev–Trinajstić information content (AvgIpc) is 2.32. The van der Waals surface area contributed by atoms with Crippen LogP contribution in [0.2, 0.25) is 0 Å². The Bertz CT molecular complexity index is 246. The number of carbonyl (C=O) groups is 1. The Hall–Kier alpha value is -0.610. The lowest BCUT2D eigenvalue weighted by Crippen LogP contribution is -2.42. The molecule has 0 radical (unpaired) electrons. The van der Waals surface area contributed by atoms with E-state index in [2.05, 4.69) is 6.92 Å². The fourth-order valence-electron chi connectivity index (χ4n) is 2.45. The number of ether oxygens (including phenoxy) is 1. The average molecular weight is 242 g/mol. The zero-order valence-corrected chi connectivity index (χ0v) is 11.3.